The van der Waals surface area contributed by atoms with Gasteiger partial charge in [0.15, 0.2) is 0 Å². The van der Waals surface area contributed by atoms with E-state index in [-0.39, 0.29) is 12.3 Å². The number of piperidine rings is 1. The molecule has 0 saturated carbocycles. The SMILES string of the molecule is O=COC1(Cc2ccccn2)C(=O)N(CCN2CCCCC2)c2ccc(Cl)cc21. The highest BCUT2D eigenvalue weighted by molar-refractivity contribution is 6.31. The highest BCUT2D eigenvalue weighted by atomic mass is 35.5. The smallest absolute Gasteiger partial charge is 0.294 e. The Balaban J connectivity index is 1.68. The van der Waals surface area contributed by atoms with Crippen LogP contribution in [0.15, 0.2) is 42.6 Å². The van der Waals surface area contributed by atoms with Crippen LogP contribution in [0.25, 0.3) is 0 Å². The number of pyridine rings is 1. The van der Waals surface area contributed by atoms with Crippen LogP contribution in [-0.4, -0.2) is 48.4 Å². The third-order valence-electron chi connectivity index (χ3n) is 5.77. The molecule has 1 fully saturated rings. The van der Waals surface area contributed by atoms with E-state index < -0.39 is 5.60 Å². The molecule has 1 saturated heterocycles. The van der Waals surface area contributed by atoms with Gasteiger partial charge >= 0.3 is 0 Å². The third-order valence-corrected chi connectivity index (χ3v) is 6.00. The molecule has 4 rings (SSSR count). The van der Waals surface area contributed by atoms with Gasteiger partial charge in [-0.25, -0.2) is 0 Å². The second-order valence-electron chi connectivity index (χ2n) is 7.56. The number of aromatic nitrogens is 1. The minimum absolute atomic E-state index is 0.166. The van der Waals surface area contributed by atoms with Gasteiger partial charge in [0.05, 0.1) is 5.69 Å². The number of benzene rings is 1. The van der Waals surface area contributed by atoms with Crippen LogP contribution < -0.4 is 4.90 Å². The summed E-state index contributed by atoms with van der Waals surface area (Å²) in [6.45, 7) is 3.78. The van der Waals surface area contributed by atoms with Gasteiger partial charge in [-0.1, -0.05) is 24.1 Å². The van der Waals surface area contributed by atoms with Crippen LogP contribution in [0.4, 0.5) is 5.69 Å². The van der Waals surface area contributed by atoms with E-state index in [9.17, 15) is 9.59 Å². The molecule has 0 radical (unpaired) electrons. The number of anilines is 1. The molecule has 1 atom stereocenters. The molecule has 0 bridgehead atoms. The van der Waals surface area contributed by atoms with Crippen LogP contribution >= 0.6 is 11.6 Å². The first-order valence-electron chi connectivity index (χ1n) is 10.00. The fourth-order valence-corrected chi connectivity index (χ4v) is 4.49. The predicted octanol–water partition coefficient (Wildman–Crippen LogP) is 3.18. The number of carbonyl (C=O) groups is 2. The molecule has 1 aromatic carbocycles. The second-order valence-corrected chi connectivity index (χ2v) is 8.00. The van der Waals surface area contributed by atoms with Gasteiger partial charge < -0.3 is 14.5 Å². The van der Waals surface area contributed by atoms with Crippen molar-refractivity contribution in [2.75, 3.05) is 31.1 Å². The second kappa shape index (κ2) is 8.51. The number of likely N-dealkylation sites (tertiary alicyclic amines) is 1. The molecule has 29 heavy (non-hydrogen) atoms. The van der Waals surface area contributed by atoms with Gasteiger partial charge in [0.2, 0.25) is 5.60 Å². The zero-order valence-corrected chi connectivity index (χ0v) is 17.0. The van der Waals surface area contributed by atoms with Gasteiger partial charge in [0, 0.05) is 42.0 Å². The summed E-state index contributed by atoms with van der Waals surface area (Å²) in [4.78, 5) is 33.5. The number of ether oxygens (including phenoxy) is 1. The van der Waals surface area contributed by atoms with Crippen molar-refractivity contribution >= 4 is 29.7 Å². The molecule has 2 aliphatic heterocycles. The average molecular weight is 414 g/mol. The van der Waals surface area contributed by atoms with E-state index in [4.69, 9.17) is 16.3 Å². The number of hydrogen-bond acceptors (Lipinski definition) is 5. The summed E-state index contributed by atoms with van der Waals surface area (Å²) in [5.74, 6) is -0.246. The molecule has 0 N–H and O–H groups in total. The summed E-state index contributed by atoms with van der Waals surface area (Å²) >= 11 is 6.25. The van der Waals surface area contributed by atoms with Crippen molar-refractivity contribution in [1.82, 2.24) is 9.88 Å². The quantitative estimate of drug-likeness (QED) is 0.652. The van der Waals surface area contributed by atoms with E-state index in [0.717, 1.165) is 25.3 Å². The highest BCUT2D eigenvalue weighted by Gasteiger charge is 2.53. The number of fused-ring (bicyclic) bond motifs is 1. The Kier molecular flexibility index (Phi) is 5.83. The van der Waals surface area contributed by atoms with Crippen LogP contribution in [0, 0.1) is 0 Å². The standard InChI is InChI=1S/C22H24ClN3O3/c23-17-7-8-20-19(14-17)22(29-16-27,15-18-6-2-3-9-24-18)21(28)26(20)13-12-25-10-4-1-5-11-25/h2-3,6-9,14,16H,1,4-5,10-13,15H2. The summed E-state index contributed by atoms with van der Waals surface area (Å²) in [6, 6.07) is 10.8. The maximum Gasteiger partial charge on any atom is 0.294 e. The van der Waals surface area contributed by atoms with Crippen LogP contribution in [0.2, 0.25) is 5.02 Å². The number of halogens is 1. The number of hydrogen-bond donors (Lipinski definition) is 0. The molecule has 7 heteroatoms. The van der Waals surface area contributed by atoms with Crippen molar-refractivity contribution in [3.8, 4) is 0 Å². The lowest BCUT2D eigenvalue weighted by atomic mass is 9.90. The van der Waals surface area contributed by atoms with Gasteiger partial charge in [-0.3, -0.25) is 14.6 Å². The van der Waals surface area contributed by atoms with Crippen LogP contribution in [0.1, 0.15) is 30.5 Å². The molecule has 1 aromatic heterocycles. The number of amides is 1. The summed E-state index contributed by atoms with van der Waals surface area (Å²) in [7, 11) is 0. The molecule has 6 nitrogen and oxygen atoms in total. The van der Waals surface area contributed by atoms with Crippen molar-refractivity contribution in [3.05, 3.63) is 58.9 Å². The van der Waals surface area contributed by atoms with Gasteiger partial charge in [-0.2, -0.15) is 0 Å². The molecule has 1 amide bonds. The Morgan fingerprint density at radius 2 is 1.97 bits per heavy atom. The monoisotopic (exact) mass is 413 g/mol. The molecule has 152 valence electrons. The molecule has 3 heterocycles. The van der Waals surface area contributed by atoms with Crippen molar-refractivity contribution in [2.24, 2.45) is 0 Å². The molecule has 2 aliphatic rings. The molecule has 2 aromatic rings. The summed E-state index contributed by atoms with van der Waals surface area (Å²) in [5.41, 5.74) is 0.588. The molecule has 0 spiro atoms. The average Bonchev–Trinajstić information content (AvgIpc) is 2.96. The van der Waals surface area contributed by atoms with Crippen molar-refractivity contribution in [1.29, 1.82) is 0 Å². The highest BCUT2D eigenvalue weighted by Crippen LogP contribution is 2.45. The lowest BCUT2D eigenvalue weighted by Gasteiger charge is -2.30. The largest absolute Gasteiger partial charge is 0.446 e. The Labute approximate surface area is 175 Å². The maximum atomic E-state index is 13.6. The van der Waals surface area contributed by atoms with Gasteiger partial charge in [0.25, 0.3) is 12.4 Å². The van der Waals surface area contributed by atoms with Crippen LogP contribution in [0.5, 0.6) is 0 Å². The number of nitrogens with zero attached hydrogens (tertiary/aromatic N) is 3. The molecular formula is C22H24ClN3O3. The minimum atomic E-state index is -1.45. The Hall–Kier alpha value is -2.44. The molecule has 1 unspecified atom stereocenters. The fourth-order valence-electron chi connectivity index (χ4n) is 4.32. The summed E-state index contributed by atoms with van der Waals surface area (Å²) in [5, 5.41) is 0.495. The van der Waals surface area contributed by atoms with E-state index in [1.54, 1.807) is 23.2 Å². The lowest BCUT2D eigenvalue weighted by molar-refractivity contribution is -0.156. The fraction of sp³-hybridized carbons (Fsp3) is 0.409. The zero-order chi connectivity index (χ0) is 20.3. The predicted molar refractivity (Wildman–Crippen MR) is 111 cm³/mol. The van der Waals surface area contributed by atoms with Crippen molar-refractivity contribution in [2.45, 2.75) is 31.3 Å². The lowest BCUT2D eigenvalue weighted by Crippen LogP contribution is -2.46. The van der Waals surface area contributed by atoms with Gasteiger partial charge in [-0.15, -0.1) is 0 Å². The maximum absolute atomic E-state index is 13.6. The number of rotatable bonds is 7. The first-order chi connectivity index (χ1) is 14.1. The first-order valence-corrected chi connectivity index (χ1v) is 10.4. The van der Waals surface area contributed by atoms with Gasteiger partial charge in [0.1, 0.15) is 0 Å². The Bertz CT molecular complexity index is 886. The summed E-state index contributed by atoms with van der Waals surface area (Å²) < 4.78 is 5.53. The Morgan fingerprint density at radius 1 is 1.14 bits per heavy atom. The minimum Gasteiger partial charge on any atom is -0.446 e. The van der Waals surface area contributed by atoms with Crippen molar-refractivity contribution in [3.63, 3.8) is 0 Å². The van der Waals surface area contributed by atoms with Crippen LogP contribution in [-0.2, 0) is 26.3 Å². The third kappa shape index (κ3) is 3.87. The van der Waals surface area contributed by atoms with E-state index in [2.05, 4.69) is 9.88 Å². The topological polar surface area (TPSA) is 62.7 Å². The molecular weight excluding hydrogens is 390 g/mol. The van der Waals surface area contributed by atoms with Crippen LogP contribution in [0.3, 0.4) is 0 Å². The van der Waals surface area contributed by atoms with Crippen molar-refractivity contribution < 1.29 is 14.3 Å². The first kappa shape index (κ1) is 19.9. The van der Waals surface area contributed by atoms with E-state index in [1.165, 1.54) is 19.3 Å². The van der Waals surface area contributed by atoms with E-state index >= 15 is 0 Å². The van der Waals surface area contributed by atoms with Gasteiger partial charge in [-0.05, 0) is 56.3 Å². The molecule has 0 aliphatic carbocycles. The normalized spacial score (nSPS) is 21.8. The van der Waals surface area contributed by atoms with E-state index in [1.807, 2.05) is 24.3 Å². The summed E-state index contributed by atoms with van der Waals surface area (Å²) in [6.07, 6.45) is 5.48. The number of carbonyl (C=O) groups excluding carboxylic acids is 2. The van der Waals surface area contributed by atoms with E-state index in [0.29, 0.717) is 29.3 Å². The Morgan fingerprint density at radius 3 is 2.69 bits per heavy atom. The zero-order valence-electron chi connectivity index (χ0n) is 16.2.